The molecular weight excluding hydrogens is 314 g/mol. The number of aromatic nitrogens is 3. The molecule has 1 N–H and O–H groups in total. The Morgan fingerprint density at radius 2 is 2.00 bits per heavy atom. The van der Waals surface area contributed by atoms with Crippen molar-refractivity contribution in [1.82, 2.24) is 14.6 Å². The molecule has 1 aromatic carbocycles. The van der Waals surface area contributed by atoms with Crippen LogP contribution in [0.3, 0.4) is 0 Å². The van der Waals surface area contributed by atoms with Crippen molar-refractivity contribution in [2.75, 3.05) is 0 Å². The minimum absolute atomic E-state index is 0.00871. The van der Waals surface area contributed by atoms with Gasteiger partial charge in [0.1, 0.15) is 0 Å². The maximum Gasteiger partial charge on any atom is 0.354 e. The predicted octanol–water partition coefficient (Wildman–Crippen LogP) is 4.18. The molecule has 0 amide bonds. The highest BCUT2D eigenvalue weighted by molar-refractivity contribution is 6.33. The van der Waals surface area contributed by atoms with Gasteiger partial charge in [0.25, 0.3) is 0 Å². The van der Waals surface area contributed by atoms with E-state index >= 15 is 0 Å². The van der Waals surface area contributed by atoms with Gasteiger partial charge < -0.3 is 5.11 Å². The molecule has 0 fully saturated rings. The minimum Gasteiger partial charge on any atom is -0.477 e. The summed E-state index contributed by atoms with van der Waals surface area (Å²) in [7, 11) is 0. The highest BCUT2D eigenvalue weighted by Crippen LogP contribution is 2.34. The second kappa shape index (κ2) is 5.66. The first kappa shape index (κ1) is 15.5. The van der Waals surface area contributed by atoms with Crippen LogP contribution in [0.1, 0.15) is 41.6 Å². The number of nitrogens with zero attached hydrogens (tertiary/aromatic N) is 3. The molecule has 3 rings (SSSR count). The number of fused-ring (bicyclic) bond motifs is 1. The number of rotatable bonds is 3. The lowest BCUT2D eigenvalue weighted by molar-refractivity contribution is 0.0690. The summed E-state index contributed by atoms with van der Waals surface area (Å²) in [6.45, 7) is 5.86. The summed E-state index contributed by atoms with van der Waals surface area (Å²) in [4.78, 5) is 15.7. The Kier molecular flexibility index (Phi) is 3.82. The monoisotopic (exact) mass is 329 g/mol. The average molecular weight is 330 g/mol. The largest absolute Gasteiger partial charge is 0.477 e. The van der Waals surface area contributed by atoms with Crippen LogP contribution in [0.15, 0.2) is 30.3 Å². The molecule has 0 atom stereocenters. The smallest absolute Gasteiger partial charge is 0.354 e. The van der Waals surface area contributed by atoms with Crippen LogP contribution in [-0.4, -0.2) is 25.7 Å². The van der Waals surface area contributed by atoms with Crippen LogP contribution in [0, 0.1) is 6.92 Å². The molecule has 0 spiro atoms. The summed E-state index contributed by atoms with van der Waals surface area (Å²) in [5, 5.41) is 14.5. The van der Waals surface area contributed by atoms with Crippen molar-refractivity contribution in [3.63, 3.8) is 0 Å². The van der Waals surface area contributed by atoms with E-state index in [-0.39, 0.29) is 11.6 Å². The molecule has 5 nitrogen and oxygen atoms in total. The van der Waals surface area contributed by atoms with E-state index < -0.39 is 5.97 Å². The van der Waals surface area contributed by atoms with Crippen molar-refractivity contribution in [3.8, 4) is 11.1 Å². The second-order valence-electron chi connectivity index (χ2n) is 5.70. The van der Waals surface area contributed by atoms with Crippen molar-refractivity contribution >= 4 is 23.2 Å². The maximum absolute atomic E-state index is 11.4. The van der Waals surface area contributed by atoms with Crippen LogP contribution in [0.2, 0.25) is 5.02 Å². The van der Waals surface area contributed by atoms with E-state index in [0.29, 0.717) is 10.7 Å². The third-order valence-corrected chi connectivity index (χ3v) is 4.07. The van der Waals surface area contributed by atoms with Gasteiger partial charge in [0.05, 0.1) is 11.3 Å². The first-order valence-corrected chi connectivity index (χ1v) is 7.66. The minimum atomic E-state index is -1.06. The molecule has 0 aliphatic rings. The quantitative estimate of drug-likeness (QED) is 0.782. The Balaban J connectivity index is 2.42. The molecule has 0 bridgehead atoms. The number of carbonyl (C=O) groups is 1. The molecule has 0 aliphatic carbocycles. The summed E-state index contributed by atoms with van der Waals surface area (Å²) in [5.74, 6) is -0.949. The van der Waals surface area contributed by atoms with Crippen LogP contribution < -0.4 is 0 Å². The zero-order valence-electron chi connectivity index (χ0n) is 13.0. The summed E-state index contributed by atoms with van der Waals surface area (Å²) in [6, 6.07) is 8.99. The first-order chi connectivity index (χ1) is 10.9. The number of halogens is 1. The van der Waals surface area contributed by atoms with Gasteiger partial charge in [-0.2, -0.15) is 5.10 Å². The maximum atomic E-state index is 11.4. The number of carboxylic acids is 1. The van der Waals surface area contributed by atoms with Gasteiger partial charge in [-0.05, 0) is 25.0 Å². The zero-order chi connectivity index (χ0) is 16.7. The fourth-order valence-corrected chi connectivity index (χ4v) is 2.88. The van der Waals surface area contributed by atoms with E-state index in [4.69, 9.17) is 11.6 Å². The van der Waals surface area contributed by atoms with Crippen LogP contribution in [0.4, 0.5) is 0 Å². The normalized spacial score (nSPS) is 11.3. The molecule has 23 heavy (non-hydrogen) atoms. The van der Waals surface area contributed by atoms with E-state index in [2.05, 4.69) is 10.1 Å². The first-order valence-electron chi connectivity index (χ1n) is 7.28. The van der Waals surface area contributed by atoms with E-state index in [1.807, 2.05) is 39.0 Å². The lowest BCUT2D eigenvalue weighted by atomic mass is 10.1. The van der Waals surface area contributed by atoms with E-state index in [1.165, 1.54) is 0 Å². The highest BCUT2D eigenvalue weighted by Gasteiger charge is 2.21. The van der Waals surface area contributed by atoms with Crippen molar-refractivity contribution < 1.29 is 9.90 Å². The Morgan fingerprint density at radius 3 is 2.61 bits per heavy atom. The fraction of sp³-hybridized carbons (Fsp3) is 0.235. The Hall–Kier alpha value is -2.40. The van der Waals surface area contributed by atoms with Crippen molar-refractivity contribution in [2.24, 2.45) is 0 Å². The van der Waals surface area contributed by atoms with Gasteiger partial charge >= 0.3 is 5.97 Å². The molecule has 0 radical (unpaired) electrons. The number of benzene rings is 1. The highest BCUT2D eigenvalue weighted by atomic mass is 35.5. The van der Waals surface area contributed by atoms with Crippen LogP contribution in [0.25, 0.3) is 16.8 Å². The number of carboxylic acid groups (broad SMARTS) is 1. The summed E-state index contributed by atoms with van der Waals surface area (Å²) in [5.41, 5.74) is 3.64. The third kappa shape index (κ3) is 2.57. The molecule has 2 heterocycles. The molecule has 0 aliphatic heterocycles. The lowest BCUT2D eigenvalue weighted by Gasteiger charge is -2.10. The van der Waals surface area contributed by atoms with Crippen LogP contribution in [-0.2, 0) is 0 Å². The molecule has 6 heteroatoms. The molecule has 0 saturated heterocycles. The van der Waals surface area contributed by atoms with Crippen molar-refractivity contribution in [2.45, 2.75) is 26.7 Å². The van der Waals surface area contributed by atoms with Crippen molar-refractivity contribution in [3.05, 3.63) is 52.4 Å². The van der Waals surface area contributed by atoms with Crippen molar-refractivity contribution in [1.29, 1.82) is 0 Å². The molecule has 2 aromatic heterocycles. The Labute approximate surface area is 138 Å². The van der Waals surface area contributed by atoms with Crippen LogP contribution >= 0.6 is 11.6 Å². The average Bonchev–Trinajstić information content (AvgIpc) is 2.82. The van der Waals surface area contributed by atoms with Gasteiger partial charge in [0.15, 0.2) is 11.3 Å². The fourth-order valence-electron chi connectivity index (χ4n) is 2.65. The zero-order valence-corrected chi connectivity index (χ0v) is 13.8. The second-order valence-corrected chi connectivity index (χ2v) is 6.11. The molecule has 0 unspecified atom stereocenters. The Bertz CT molecular complexity index is 916. The summed E-state index contributed by atoms with van der Waals surface area (Å²) in [6.07, 6.45) is 0. The molecule has 0 saturated carbocycles. The predicted molar refractivity (Wildman–Crippen MR) is 89.2 cm³/mol. The molecular formula is C17H16ClN3O2. The number of aromatic carboxylic acids is 1. The summed E-state index contributed by atoms with van der Waals surface area (Å²) < 4.78 is 1.71. The Morgan fingerprint density at radius 1 is 1.30 bits per heavy atom. The SMILES string of the molecule is Cc1nn2c(C(C)C)cc(C(=O)O)nc2c1-c1ccccc1Cl. The topological polar surface area (TPSA) is 67.5 Å². The van der Waals surface area contributed by atoms with E-state index in [9.17, 15) is 9.90 Å². The standard InChI is InChI=1S/C17H16ClN3O2/c1-9(2)14-8-13(17(22)23)19-16-15(10(3)20-21(14)16)11-6-4-5-7-12(11)18/h4-9H,1-3H3,(H,22,23). The van der Waals surface area contributed by atoms with E-state index in [1.54, 1.807) is 16.6 Å². The van der Waals surface area contributed by atoms with Gasteiger partial charge in [0.2, 0.25) is 0 Å². The molecule has 3 aromatic rings. The lowest BCUT2D eigenvalue weighted by Crippen LogP contribution is -2.09. The number of aryl methyl sites for hydroxylation is 1. The number of hydrogen-bond acceptors (Lipinski definition) is 3. The summed E-state index contributed by atoms with van der Waals surface area (Å²) >= 11 is 6.31. The number of hydrogen-bond donors (Lipinski definition) is 1. The van der Waals surface area contributed by atoms with Gasteiger partial charge in [-0.1, -0.05) is 43.6 Å². The van der Waals surface area contributed by atoms with Gasteiger partial charge in [-0.15, -0.1) is 0 Å². The van der Waals surface area contributed by atoms with Crippen LogP contribution in [0.5, 0.6) is 0 Å². The third-order valence-electron chi connectivity index (χ3n) is 3.75. The molecule has 118 valence electrons. The van der Waals surface area contributed by atoms with E-state index in [0.717, 1.165) is 22.5 Å². The van der Waals surface area contributed by atoms with Gasteiger partial charge in [-0.25, -0.2) is 14.3 Å². The van der Waals surface area contributed by atoms with Gasteiger partial charge in [-0.3, -0.25) is 0 Å². The van der Waals surface area contributed by atoms with Gasteiger partial charge in [0, 0.05) is 16.3 Å².